The molecule has 2 nitrogen and oxygen atoms in total. The van der Waals surface area contributed by atoms with E-state index >= 15 is 0 Å². The molecule has 0 aliphatic rings. The standard InChI is InChI=1S/C8H16O2/c1-5-6-10-8(3,4)7(2)9/h5,7,9H,1,6H2,2-4H3. The van der Waals surface area contributed by atoms with Crippen LogP contribution in [0.2, 0.25) is 0 Å². The maximum Gasteiger partial charge on any atom is 0.0885 e. The molecule has 0 saturated heterocycles. The van der Waals surface area contributed by atoms with E-state index in [2.05, 4.69) is 6.58 Å². The summed E-state index contributed by atoms with van der Waals surface area (Å²) in [4.78, 5) is 0. The first-order valence-electron chi connectivity index (χ1n) is 3.43. The monoisotopic (exact) mass is 144 g/mol. The molecule has 0 aromatic heterocycles. The van der Waals surface area contributed by atoms with Gasteiger partial charge in [0.25, 0.3) is 0 Å². The summed E-state index contributed by atoms with van der Waals surface area (Å²) in [5.41, 5.74) is -0.464. The highest BCUT2D eigenvalue weighted by Gasteiger charge is 2.23. The van der Waals surface area contributed by atoms with E-state index < -0.39 is 11.7 Å². The van der Waals surface area contributed by atoms with Crippen molar-refractivity contribution >= 4 is 0 Å². The molecule has 1 N–H and O–H groups in total. The lowest BCUT2D eigenvalue weighted by Gasteiger charge is -2.27. The lowest BCUT2D eigenvalue weighted by Crippen LogP contribution is -2.36. The highest BCUT2D eigenvalue weighted by atomic mass is 16.5. The van der Waals surface area contributed by atoms with Gasteiger partial charge in [-0.15, -0.1) is 6.58 Å². The van der Waals surface area contributed by atoms with Crippen LogP contribution in [0.25, 0.3) is 0 Å². The van der Waals surface area contributed by atoms with Gasteiger partial charge in [0.2, 0.25) is 0 Å². The summed E-state index contributed by atoms with van der Waals surface area (Å²) in [5.74, 6) is 0. The summed E-state index contributed by atoms with van der Waals surface area (Å²) in [5, 5.41) is 9.15. The quantitative estimate of drug-likeness (QED) is 0.603. The van der Waals surface area contributed by atoms with Crippen LogP contribution in [-0.2, 0) is 4.74 Å². The Hall–Kier alpha value is -0.340. The Morgan fingerprint density at radius 1 is 1.70 bits per heavy atom. The molecule has 10 heavy (non-hydrogen) atoms. The lowest BCUT2D eigenvalue weighted by atomic mass is 10.0. The molecular weight excluding hydrogens is 128 g/mol. The fourth-order valence-corrected chi connectivity index (χ4v) is 0.394. The average molecular weight is 144 g/mol. The average Bonchev–Trinajstić information content (AvgIpc) is 1.84. The van der Waals surface area contributed by atoms with Crippen molar-refractivity contribution < 1.29 is 9.84 Å². The van der Waals surface area contributed by atoms with Crippen LogP contribution in [0.1, 0.15) is 20.8 Å². The van der Waals surface area contributed by atoms with Crippen LogP contribution >= 0.6 is 0 Å². The minimum atomic E-state index is -0.464. The van der Waals surface area contributed by atoms with Crippen molar-refractivity contribution in [2.24, 2.45) is 0 Å². The number of ether oxygens (including phenoxy) is 1. The van der Waals surface area contributed by atoms with Gasteiger partial charge < -0.3 is 9.84 Å². The Morgan fingerprint density at radius 2 is 2.20 bits per heavy atom. The Balaban J connectivity index is 3.74. The molecule has 2 heteroatoms. The van der Waals surface area contributed by atoms with Crippen molar-refractivity contribution in [1.29, 1.82) is 0 Å². The molecule has 0 aromatic rings. The van der Waals surface area contributed by atoms with Gasteiger partial charge in [0.15, 0.2) is 0 Å². The third-order valence-electron chi connectivity index (χ3n) is 1.58. The Labute approximate surface area is 62.5 Å². The molecule has 0 heterocycles. The summed E-state index contributed by atoms with van der Waals surface area (Å²) in [6, 6.07) is 0. The molecule has 0 aromatic carbocycles. The minimum absolute atomic E-state index is 0.451. The van der Waals surface area contributed by atoms with Gasteiger partial charge in [-0.2, -0.15) is 0 Å². The molecule has 1 atom stereocenters. The number of hydrogen-bond donors (Lipinski definition) is 1. The summed E-state index contributed by atoms with van der Waals surface area (Å²) in [6.45, 7) is 9.41. The van der Waals surface area contributed by atoms with Gasteiger partial charge in [-0.25, -0.2) is 0 Å². The Bertz CT molecular complexity index is 106. The molecule has 0 fully saturated rings. The molecule has 60 valence electrons. The molecule has 0 bridgehead atoms. The van der Waals surface area contributed by atoms with Crippen molar-refractivity contribution in [2.75, 3.05) is 6.61 Å². The highest BCUT2D eigenvalue weighted by molar-refractivity contribution is 4.77. The zero-order valence-electron chi connectivity index (χ0n) is 6.92. The third kappa shape index (κ3) is 2.99. The van der Waals surface area contributed by atoms with Crippen molar-refractivity contribution in [3.8, 4) is 0 Å². The fraction of sp³-hybridized carbons (Fsp3) is 0.750. The molecule has 0 rings (SSSR count). The normalized spacial score (nSPS) is 14.8. The molecule has 1 unspecified atom stereocenters. The van der Waals surface area contributed by atoms with E-state index in [1.807, 2.05) is 13.8 Å². The summed E-state index contributed by atoms with van der Waals surface area (Å²) >= 11 is 0. The zero-order chi connectivity index (χ0) is 8.20. The van der Waals surface area contributed by atoms with E-state index in [1.165, 1.54) is 0 Å². The first kappa shape index (κ1) is 9.66. The van der Waals surface area contributed by atoms with Crippen molar-refractivity contribution in [3.05, 3.63) is 12.7 Å². The van der Waals surface area contributed by atoms with E-state index in [4.69, 9.17) is 9.84 Å². The van der Waals surface area contributed by atoms with E-state index in [0.29, 0.717) is 6.61 Å². The maximum atomic E-state index is 9.15. The highest BCUT2D eigenvalue weighted by Crippen LogP contribution is 2.13. The number of aliphatic hydroxyl groups is 1. The van der Waals surface area contributed by atoms with Gasteiger partial charge in [0.1, 0.15) is 0 Å². The van der Waals surface area contributed by atoms with Gasteiger partial charge in [-0.05, 0) is 20.8 Å². The fourth-order valence-electron chi connectivity index (χ4n) is 0.394. The topological polar surface area (TPSA) is 29.5 Å². The molecule has 0 spiro atoms. The first-order chi connectivity index (χ1) is 4.50. The predicted molar refractivity (Wildman–Crippen MR) is 41.9 cm³/mol. The second-order valence-corrected chi connectivity index (χ2v) is 2.88. The molecular formula is C8H16O2. The minimum Gasteiger partial charge on any atom is -0.390 e. The molecule has 0 aliphatic carbocycles. The zero-order valence-corrected chi connectivity index (χ0v) is 6.92. The lowest BCUT2D eigenvalue weighted by molar-refractivity contribution is -0.0830. The van der Waals surface area contributed by atoms with Crippen LogP contribution in [0.3, 0.4) is 0 Å². The van der Waals surface area contributed by atoms with Gasteiger partial charge in [-0.1, -0.05) is 6.08 Å². The number of rotatable bonds is 4. The van der Waals surface area contributed by atoms with Crippen molar-refractivity contribution in [1.82, 2.24) is 0 Å². The van der Waals surface area contributed by atoms with E-state index in [1.54, 1.807) is 13.0 Å². The first-order valence-corrected chi connectivity index (χ1v) is 3.43. The van der Waals surface area contributed by atoms with Gasteiger partial charge in [0, 0.05) is 0 Å². The van der Waals surface area contributed by atoms with E-state index in [-0.39, 0.29) is 0 Å². The smallest absolute Gasteiger partial charge is 0.0885 e. The summed E-state index contributed by atoms with van der Waals surface area (Å²) in [6.07, 6.45) is 1.22. The SMILES string of the molecule is C=CCOC(C)(C)C(C)O. The molecule has 0 saturated carbocycles. The maximum absolute atomic E-state index is 9.15. The van der Waals surface area contributed by atoms with Crippen LogP contribution in [0.5, 0.6) is 0 Å². The van der Waals surface area contributed by atoms with Gasteiger partial charge >= 0.3 is 0 Å². The van der Waals surface area contributed by atoms with Gasteiger partial charge in [-0.3, -0.25) is 0 Å². The van der Waals surface area contributed by atoms with Crippen molar-refractivity contribution in [3.63, 3.8) is 0 Å². The van der Waals surface area contributed by atoms with Crippen LogP contribution < -0.4 is 0 Å². The van der Waals surface area contributed by atoms with Crippen LogP contribution in [0, 0.1) is 0 Å². The molecule has 0 aliphatic heterocycles. The van der Waals surface area contributed by atoms with Crippen LogP contribution in [-0.4, -0.2) is 23.4 Å². The number of hydrogen-bond acceptors (Lipinski definition) is 2. The third-order valence-corrected chi connectivity index (χ3v) is 1.58. The number of aliphatic hydroxyl groups excluding tert-OH is 1. The second-order valence-electron chi connectivity index (χ2n) is 2.88. The van der Waals surface area contributed by atoms with Crippen LogP contribution in [0.15, 0.2) is 12.7 Å². The Kier molecular flexibility index (Phi) is 3.61. The molecule has 0 amide bonds. The van der Waals surface area contributed by atoms with E-state index in [0.717, 1.165) is 0 Å². The van der Waals surface area contributed by atoms with E-state index in [9.17, 15) is 0 Å². The summed E-state index contributed by atoms with van der Waals surface area (Å²) in [7, 11) is 0. The van der Waals surface area contributed by atoms with Gasteiger partial charge in [0.05, 0.1) is 18.3 Å². The molecule has 0 radical (unpaired) electrons. The summed E-state index contributed by atoms with van der Waals surface area (Å²) < 4.78 is 5.27. The predicted octanol–water partition coefficient (Wildman–Crippen LogP) is 1.35. The second kappa shape index (κ2) is 3.74. The van der Waals surface area contributed by atoms with Crippen molar-refractivity contribution in [2.45, 2.75) is 32.5 Å². The largest absolute Gasteiger partial charge is 0.390 e. The van der Waals surface area contributed by atoms with Crippen LogP contribution in [0.4, 0.5) is 0 Å². The Morgan fingerprint density at radius 3 is 2.50 bits per heavy atom.